The van der Waals surface area contributed by atoms with E-state index >= 15 is 0 Å². The summed E-state index contributed by atoms with van der Waals surface area (Å²) in [4.78, 5) is 18.9. The summed E-state index contributed by atoms with van der Waals surface area (Å²) in [6, 6.07) is 12.2. The molecule has 0 radical (unpaired) electrons. The number of aromatic nitrogens is 2. The van der Waals surface area contributed by atoms with Gasteiger partial charge in [0.2, 0.25) is 5.91 Å². The minimum absolute atomic E-state index is 0.101. The summed E-state index contributed by atoms with van der Waals surface area (Å²) in [6.45, 7) is 0.602. The van der Waals surface area contributed by atoms with Crippen LogP contribution in [0.4, 0.5) is 8.78 Å². The van der Waals surface area contributed by atoms with Crippen LogP contribution in [0, 0.1) is 11.6 Å². The highest BCUT2D eigenvalue weighted by Gasteiger charge is 2.10. The molecule has 0 unspecified atom stereocenters. The molecule has 1 amide bonds. The fourth-order valence-corrected chi connectivity index (χ4v) is 3.11. The monoisotopic (exact) mass is 361 g/mol. The number of nitrogens with one attached hydrogen (secondary N) is 2. The molecule has 1 heterocycles. The largest absolute Gasteiger partial charge is 0.355 e. The van der Waals surface area contributed by atoms with Crippen LogP contribution in [0.15, 0.2) is 47.6 Å². The lowest BCUT2D eigenvalue weighted by molar-refractivity contribution is -0.118. The molecule has 0 fully saturated rings. The van der Waals surface area contributed by atoms with E-state index in [4.69, 9.17) is 0 Å². The lowest BCUT2D eigenvalue weighted by Gasteiger charge is -2.04. The van der Waals surface area contributed by atoms with Crippen LogP contribution >= 0.6 is 11.8 Å². The maximum atomic E-state index is 13.2. The number of carbonyl (C=O) groups is 1. The number of aromatic amines is 1. The zero-order valence-electron chi connectivity index (χ0n) is 13.4. The molecule has 2 aromatic carbocycles. The number of hydrogen-bond donors (Lipinski definition) is 2. The third-order valence-corrected chi connectivity index (χ3v) is 4.52. The van der Waals surface area contributed by atoms with E-state index in [-0.39, 0.29) is 11.7 Å². The molecule has 3 rings (SSSR count). The van der Waals surface area contributed by atoms with E-state index in [0.29, 0.717) is 22.7 Å². The van der Waals surface area contributed by atoms with Gasteiger partial charge in [-0.25, -0.2) is 13.8 Å². The fraction of sp³-hybridized carbons (Fsp3) is 0.222. The summed E-state index contributed by atoms with van der Waals surface area (Å²) in [5, 5.41) is 3.31. The predicted molar refractivity (Wildman–Crippen MR) is 94.5 cm³/mol. The summed E-state index contributed by atoms with van der Waals surface area (Å²) in [5.41, 5.74) is 1.99. The van der Waals surface area contributed by atoms with Crippen LogP contribution in [0.25, 0.3) is 11.0 Å². The van der Waals surface area contributed by atoms with Gasteiger partial charge in [-0.2, -0.15) is 0 Å². The molecule has 0 aliphatic heterocycles. The van der Waals surface area contributed by atoms with Crippen LogP contribution in [0.1, 0.15) is 12.0 Å². The lowest BCUT2D eigenvalue weighted by atomic mass is 10.1. The number of fused-ring (bicyclic) bond motifs is 1. The molecule has 0 saturated carbocycles. The van der Waals surface area contributed by atoms with Gasteiger partial charge in [-0.15, -0.1) is 0 Å². The van der Waals surface area contributed by atoms with Gasteiger partial charge in [-0.05, 0) is 18.4 Å². The Balaban J connectivity index is 1.43. The van der Waals surface area contributed by atoms with Crippen LogP contribution < -0.4 is 5.32 Å². The number of rotatable bonds is 7. The van der Waals surface area contributed by atoms with Crippen LogP contribution in [0.3, 0.4) is 0 Å². The van der Waals surface area contributed by atoms with Gasteiger partial charge in [-0.1, -0.05) is 42.1 Å². The predicted octanol–water partition coefficient (Wildman–Crippen LogP) is 3.68. The topological polar surface area (TPSA) is 57.8 Å². The molecule has 7 heteroatoms. The molecule has 0 atom stereocenters. The highest BCUT2D eigenvalue weighted by molar-refractivity contribution is 7.99. The molecule has 0 saturated heterocycles. The fourth-order valence-electron chi connectivity index (χ4n) is 2.40. The quantitative estimate of drug-likeness (QED) is 0.499. The molecule has 130 valence electrons. The van der Waals surface area contributed by atoms with E-state index in [9.17, 15) is 13.6 Å². The first-order chi connectivity index (χ1) is 12.1. The van der Waals surface area contributed by atoms with Crippen LogP contribution in [-0.4, -0.2) is 28.2 Å². The molecular weight excluding hydrogens is 344 g/mol. The number of amides is 1. The van der Waals surface area contributed by atoms with Gasteiger partial charge in [0, 0.05) is 18.7 Å². The summed E-state index contributed by atoms with van der Waals surface area (Å²) >= 11 is 1.20. The Morgan fingerprint density at radius 1 is 1.16 bits per heavy atom. The normalized spacial score (nSPS) is 11.0. The minimum atomic E-state index is -0.938. The zero-order chi connectivity index (χ0) is 17.6. The zero-order valence-corrected chi connectivity index (χ0v) is 14.2. The Labute approximate surface area is 148 Å². The van der Waals surface area contributed by atoms with E-state index < -0.39 is 11.6 Å². The Bertz CT molecular complexity index is 828. The molecule has 3 aromatic rings. The number of thioether (sulfide) groups is 1. The number of benzene rings is 2. The van der Waals surface area contributed by atoms with E-state index in [1.807, 2.05) is 18.2 Å². The van der Waals surface area contributed by atoms with Crippen molar-refractivity contribution in [2.45, 2.75) is 18.0 Å². The maximum absolute atomic E-state index is 13.2. The van der Waals surface area contributed by atoms with E-state index in [1.54, 1.807) is 0 Å². The van der Waals surface area contributed by atoms with E-state index in [0.717, 1.165) is 25.0 Å². The number of carbonyl (C=O) groups excluding carboxylic acids is 1. The Morgan fingerprint density at radius 3 is 2.72 bits per heavy atom. The Morgan fingerprint density at radius 2 is 1.92 bits per heavy atom. The smallest absolute Gasteiger partial charge is 0.230 e. The van der Waals surface area contributed by atoms with Gasteiger partial charge >= 0.3 is 0 Å². The summed E-state index contributed by atoms with van der Waals surface area (Å²) in [7, 11) is 0. The molecule has 0 spiro atoms. The van der Waals surface area contributed by atoms with Crippen molar-refractivity contribution in [2.75, 3.05) is 12.3 Å². The molecule has 0 bridgehead atoms. The van der Waals surface area contributed by atoms with Crippen molar-refractivity contribution in [3.63, 3.8) is 0 Å². The van der Waals surface area contributed by atoms with Crippen molar-refractivity contribution >= 4 is 28.7 Å². The number of hydrogen-bond acceptors (Lipinski definition) is 3. The van der Waals surface area contributed by atoms with Gasteiger partial charge < -0.3 is 10.3 Å². The summed E-state index contributed by atoms with van der Waals surface area (Å²) in [5.74, 6) is -1.78. The van der Waals surface area contributed by atoms with Crippen molar-refractivity contribution in [1.82, 2.24) is 15.3 Å². The first-order valence-corrected chi connectivity index (χ1v) is 8.88. The Hall–Kier alpha value is -2.41. The van der Waals surface area contributed by atoms with Crippen molar-refractivity contribution in [3.05, 3.63) is 59.7 Å². The molecule has 4 nitrogen and oxygen atoms in total. The first-order valence-electron chi connectivity index (χ1n) is 7.90. The van der Waals surface area contributed by atoms with Gasteiger partial charge in [0.15, 0.2) is 16.8 Å². The second-order valence-electron chi connectivity index (χ2n) is 5.55. The van der Waals surface area contributed by atoms with Crippen molar-refractivity contribution < 1.29 is 13.6 Å². The number of H-pyrrole nitrogens is 1. The van der Waals surface area contributed by atoms with Gasteiger partial charge in [0.05, 0.1) is 16.8 Å². The third kappa shape index (κ3) is 4.79. The summed E-state index contributed by atoms with van der Waals surface area (Å²) in [6.07, 6.45) is 1.78. The number of aryl methyl sites for hydroxylation is 1. The third-order valence-electron chi connectivity index (χ3n) is 3.65. The number of halogens is 2. The summed E-state index contributed by atoms with van der Waals surface area (Å²) < 4.78 is 26.3. The second-order valence-corrected chi connectivity index (χ2v) is 6.52. The Kier molecular flexibility index (Phi) is 5.65. The van der Waals surface area contributed by atoms with Gasteiger partial charge in [-0.3, -0.25) is 4.79 Å². The van der Waals surface area contributed by atoms with Gasteiger partial charge in [0.25, 0.3) is 0 Å². The first kappa shape index (κ1) is 17.4. The maximum Gasteiger partial charge on any atom is 0.230 e. The molecule has 0 aliphatic carbocycles. The average Bonchev–Trinajstić information content (AvgIpc) is 3.00. The molecule has 1 aromatic heterocycles. The number of nitrogens with zero attached hydrogens (tertiary/aromatic N) is 1. The van der Waals surface area contributed by atoms with Crippen molar-refractivity contribution in [2.24, 2.45) is 0 Å². The van der Waals surface area contributed by atoms with Gasteiger partial charge in [0.1, 0.15) is 0 Å². The highest BCUT2D eigenvalue weighted by Crippen LogP contribution is 2.21. The lowest BCUT2D eigenvalue weighted by Crippen LogP contribution is -2.26. The van der Waals surface area contributed by atoms with E-state index in [1.165, 1.54) is 17.3 Å². The average molecular weight is 361 g/mol. The minimum Gasteiger partial charge on any atom is -0.355 e. The van der Waals surface area contributed by atoms with Crippen molar-refractivity contribution in [3.8, 4) is 0 Å². The standard InChI is InChI=1S/C18H17F2N3OS/c19-13-9-15-16(10-14(13)20)23-18(22-15)25-11-17(24)21-8-4-7-12-5-2-1-3-6-12/h1-3,5-6,9-10H,4,7-8,11H2,(H,21,24)(H,22,23). The van der Waals surface area contributed by atoms with Crippen LogP contribution in [0.2, 0.25) is 0 Å². The molecule has 0 aliphatic rings. The highest BCUT2D eigenvalue weighted by atomic mass is 32.2. The molecule has 25 heavy (non-hydrogen) atoms. The molecule has 2 N–H and O–H groups in total. The SMILES string of the molecule is O=C(CSc1nc2cc(F)c(F)cc2[nH]1)NCCCc1ccccc1. The van der Waals surface area contributed by atoms with Crippen LogP contribution in [-0.2, 0) is 11.2 Å². The van der Waals surface area contributed by atoms with Crippen molar-refractivity contribution in [1.29, 1.82) is 0 Å². The van der Waals surface area contributed by atoms with E-state index in [2.05, 4.69) is 27.4 Å². The van der Waals surface area contributed by atoms with Crippen LogP contribution in [0.5, 0.6) is 0 Å². The second kappa shape index (κ2) is 8.11. The molecular formula is C18H17F2N3OS. The number of imidazole rings is 1.